The lowest BCUT2D eigenvalue weighted by Gasteiger charge is -2.29. The maximum absolute atomic E-state index is 12.4. The highest BCUT2D eigenvalue weighted by atomic mass is 35.5. The number of nitrogens with zero attached hydrogens (tertiary/aromatic N) is 3. The van der Waals surface area contributed by atoms with Gasteiger partial charge in [-0.2, -0.15) is 0 Å². The van der Waals surface area contributed by atoms with E-state index in [1.165, 1.54) is 12.8 Å². The zero-order valence-corrected chi connectivity index (χ0v) is 17.0. The Kier molecular flexibility index (Phi) is 5.38. The van der Waals surface area contributed by atoms with Gasteiger partial charge in [0.25, 0.3) is 5.91 Å². The predicted octanol–water partition coefficient (Wildman–Crippen LogP) is 4.71. The number of hydrogen-bond acceptors (Lipinski definition) is 3. The van der Waals surface area contributed by atoms with Gasteiger partial charge in [0.15, 0.2) is 0 Å². The van der Waals surface area contributed by atoms with Crippen molar-refractivity contribution in [3.63, 3.8) is 0 Å². The molecule has 0 saturated carbocycles. The minimum Gasteiger partial charge on any atom is -0.330 e. The molecule has 0 aliphatic carbocycles. The molecule has 0 unspecified atom stereocenters. The van der Waals surface area contributed by atoms with E-state index >= 15 is 0 Å². The number of rotatable bonds is 4. The van der Waals surface area contributed by atoms with E-state index in [1.54, 1.807) is 24.3 Å². The number of aryl methyl sites for hydroxylation is 1. The Labute approximate surface area is 170 Å². The van der Waals surface area contributed by atoms with Crippen molar-refractivity contribution in [1.82, 2.24) is 14.5 Å². The van der Waals surface area contributed by atoms with Crippen LogP contribution in [0.1, 0.15) is 35.9 Å². The number of halogens is 1. The third kappa shape index (κ3) is 4.05. The highest BCUT2D eigenvalue weighted by molar-refractivity contribution is 6.30. The Hall–Kier alpha value is -2.37. The number of anilines is 1. The molecule has 2 heterocycles. The second-order valence-corrected chi connectivity index (χ2v) is 8.15. The smallest absolute Gasteiger partial charge is 0.255 e. The molecule has 1 N–H and O–H groups in total. The summed E-state index contributed by atoms with van der Waals surface area (Å²) in [6.45, 7) is 5.45. The van der Waals surface area contributed by atoms with Gasteiger partial charge in [0.05, 0.1) is 17.6 Å². The second-order valence-electron chi connectivity index (χ2n) is 7.71. The Morgan fingerprint density at radius 1 is 1.18 bits per heavy atom. The first kappa shape index (κ1) is 19.0. The molecular formula is C22H25ClN4O. The van der Waals surface area contributed by atoms with Crippen molar-refractivity contribution in [2.24, 2.45) is 13.0 Å². The minimum absolute atomic E-state index is 0.158. The summed E-state index contributed by atoms with van der Waals surface area (Å²) < 4.78 is 2.15. The fourth-order valence-electron chi connectivity index (χ4n) is 3.69. The average Bonchev–Trinajstić information content (AvgIpc) is 2.99. The van der Waals surface area contributed by atoms with Crippen molar-refractivity contribution < 1.29 is 4.79 Å². The Morgan fingerprint density at radius 2 is 1.89 bits per heavy atom. The van der Waals surface area contributed by atoms with Gasteiger partial charge in [0.2, 0.25) is 0 Å². The summed E-state index contributed by atoms with van der Waals surface area (Å²) >= 11 is 5.89. The average molecular weight is 397 g/mol. The van der Waals surface area contributed by atoms with E-state index in [9.17, 15) is 4.79 Å². The van der Waals surface area contributed by atoms with Gasteiger partial charge in [-0.25, -0.2) is 4.98 Å². The summed E-state index contributed by atoms with van der Waals surface area (Å²) in [6, 6.07) is 12.7. The first-order valence-electron chi connectivity index (χ1n) is 9.74. The van der Waals surface area contributed by atoms with Crippen molar-refractivity contribution in [1.29, 1.82) is 0 Å². The van der Waals surface area contributed by atoms with E-state index in [-0.39, 0.29) is 5.91 Å². The quantitative estimate of drug-likeness (QED) is 0.694. The van der Waals surface area contributed by atoms with Crippen LogP contribution in [0, 0.1) is 5.92 Å². The number of aromatic nitrogens is 2. The van der Waals surface area contributed by atoms with Crippen molar-refractivity contribution >= 4 is 34.2 Å². The molecule has 1 aromatic heterocycles. The number of carbonyl (C=O) groups excluding carboxylic acids is 1. The van der Waals surface area contributed by atoms with Crippen LogP contribution < -0.4 is 5.32 Å². The Balaban J connectivity index is 1.51. The number of hydrogen-bond donors (Lipinski definition) is 1. The van der Waals surface area contributed by atoms with E-state index in [0.717, 1.165) is 48.1 Å². The van der Waals surface area contributed by atoms with Crippen LogP contribution in [0.2, 0.25) is 5.02 Å². The summed E-state index contributed by atoms with van der Waals surface area (Å²) in [5, 5.41) is 3.56. The molecule has 5 nitrogen and oxygen atoms in total. The maximum Gasteiger partial charge on any atom is 0.255 e. The molecule has 0 radical (unpaired) electrons. The van der Waals surface area contributed by atoms with E-state index in [1.807, 2.05) is 18.2 Å². The molecule has 2 aromatic carbocycles. The summed E-state index contributed by atoms with van der Waals surface area (Å²) in [5.74, 6) is 1.73. The number of fused-ring (bicyclic) bond motifs is 1. The van der Waals surface area contributed by atoms with Gasteiger partial charge in [-0.15, -0.1) is 0 Å². The Bertz CT molecular complexity index is 988. The molecule has 0 bridgehead atoms. The molecule has 1 aliphatic rings. The van der Waals surface area contributed by atoms with Gasteiger partial charge in [-0.05, 0) is 74.3 Å². The number of benzene rings is 2. The fourth-order valence-corrected chi connectivity index (χ4v) is 3.82. The van der Waals surface area contributed by atoms with Crippen LogP contribution in [-0.2, 0) is 13.6 Å². The summed E-state index contributed by atoms with van der Waals surface area (Å²) in [5.41, 5.74) is 3.29. The lowest BCUT2D eigenvalue weighted by atomic mass is 9.99. The lowest BCUT2D eigenvalue weighted by molar-refractivity contribution is 0.102. The van der Waals surface area contributed by atoms with Crippen LogP contribution in [0.4, 0.5) is 5.69 Å². The molecule has 1 aliphatic heterocycles. The molecule has 28 heavy (non-hydrogen) atoms. The van der Waals surface area contributed by atoms with E-state index in [0.29, 0.717) is 10.6 Å². The molecule has 1 fully saturated rings. The summed E-state index contributed by atoms with van der Waals surface area (Å²) in [4.78, 5) is 19.7. The van der Waals surface area contributed by atoms with Gasteiger partial charge in [0.1, 0.15) is 5.82 Å². The zero-order valence-electron chi connectivity index (χ0n) is 16.3. The van der Waals surface area contributed by atoms with Gasteiger partial charge in [0, 0.05) is 23.3 Å². The zero-order chi connectivity index (χ0) is 19.7. The first-order chi connectivity index (χ1) is 13.5. The molecule has 146 valence electrons. The molecule has 0 atom stereocenters. The third-order valence-corrected chi connectivity index (χ3v) is 5.83. The second kappa shape index (κ2) is 7.94. The van der Waals surface area contributed by atoms with Gasteiger partial charge < -0.3 is 9.88 Å². The van der Waals surface area contributed by atoms with E-state index in [2.05, 4.69) is 28.8 Å². The number of amides is 1. The van der Waals surface area contributed by atoms with Crippen LogP contribution in [-0.4, -0.2) is 33.4 Å². The highest BCUT2D eigenvalue weighted by Crippen LogP contribution is 2.23. The number of piperidine rings is 1. The van der Waals surface area contributed by atoms with E-state index in [4.69, 9.17) is 16.6 Å². The largest absolute Gasteiger partial charge is 0.330 e. The number of imidazole rings is 1. The van der Waals surface area contributed by atoms with Crippen LogP contribution in [0.3, 0.4) is 0 Å². The SMILES string of the molecule is CC1CCN(Cc2nc3cc(NC(=O)c4ccc(Cl)cc4)ccc3n2C)CC1. The highest BCUT2D eigenvalue weighted by Gasteiger charge is 2.18. The molecule has 6 heteroatoms. The van der Waals surface area contributed by atoms with Crippen LogP contribution >= 0.6 is 11.6 Å². The minimum atomic E-state index is -0.158. The molecule has 4 rings (SSSR count). The van der Waals surface area contributed by atoms with Crippen LogP contribution in [0.5, 0.6) is 0 Å². The lowest BCUT2D eigenvalue weighted by Crippen LogP contribution is -2.33. The maximum atomic E-state index is 12.4. The fraction of sp³-hybridized carbons (Fsp3) is 0.364. The van der Waals surface area contributed by atoms with Gasteiger partial charge >= 0.3 is 0 Å². The Morgan fingerprint density at radius 3 is 2.61 bits per heavy atom. The molecular weight excluding hydrogens is 372 g/mol. The molecule has 3 aromatic rings. The van der Waals surface area contributed by atoms with Crippen molar-refractivity contribution in [3.05, 3.63) is 58.9 Å². The van der Waals surface area contributed by atoms with Crippen molar-refractivity contribution in [2.75, 3.05) is 18.4 Å². The van der Waals surface area contributed by atoms with Gasteiger partial charge in [-0.1, -0.05) is 18.5 Å². The third-order valence-electron chi connectivity index (χ3n) is 5.58. The normalized spacial score (nSPS) is 15.8. The summed E-state index contributed by atoms with van der Waals surface area (Å²) in [6.07, 6.45) is 2.51. The molecule has 1 saturated heterocycles. The van der Waals surface area contributed by atoms with Crippen molar-refractivity contribution in [3.8, 4) is 0 Å². The first-order valence-corrected chi connectivity index (χ1v) is 10.1. The van der Waals surface area contributed by atoms with Gasteiger partial charge in [-0.3, -0.25) is 9.69 Å². The molecule has 1 amide bonds. The topological polar surface area (TPSA) is 50.2 Å². The van der Waals surface area contributed by atoms with Crippen LogP contribution in [0.15, 0.2) is 42.5 Å². The predicted molar refractivity (Wildman–Crippen MR) is 114 cm³/mol. The van der Waals surface area contributed by atoms with Crippen molar-refractivity contribution in [2.45, 2.75) is 26.3 Å². The summed E-state index contributed by atoms with van der Waals surface area (Å²) in [7, 11) is 2.06. The monoisotopic (exact) mass is 396 g/mol. The standard InChI is InChI=1S/C22H25ClN4O/c1-15-9-11-27(12-10-15)14-21-25-19-13-18(7-8-20(19)26(21)2)24-22(28)16-3-5-17(23)6-4-16/h3-8,13,15H,9-12,14H2,1-2H3,(H,24,28). The van der Waals surface area contributed by atoms with E-state index < -0.39 is 0 Å². The van der Waals surface area contributed by atoms with Crippen LogP contribution in [0.25, 0.3) is 11.0 Å². The number of likely N-dealkylation sites (tertiary alicyclic amines) is 1. The number of nitrogens with one attached hydrogen (secondary N) is 1. The molecule has 0 spiro atoms. The number of carbonyl (C=O) groups is 1.